The normalized spacial score (nSPS) is 11.6. The fraction of sp³-hybridized carbons (Fsp3) is 0.500. The van der Waals surface area contributed by atoms with Crippen LogP contribution < -0.4 is 5.32 Å². The summed E-state index contributed by atoms with van der Waals surface area (Å²) in [5.41, 5.74) is 1.71. The third-order valence-electron chi connectivity index (χ3n) is 3.27. The van der Waals surface area contributed by atoms with Crippen LogP contribution >= 0.6 is 11.6 Å². The van der Waals surface area contributed by atoms with Crippen molar-refractivity contribution in [2.24, 2.45) is 0 Å². The minimum Gasteiger partial charge on any atom is -0.311 e. The number of hydrogen-bond acceptors (Lipinski definition) is 3. The number of nitrogens with one attached hydrogen (secondary N) is 1. The van der Waals surface area contributed by atoms with Gasteiger partial charge in [0, 0.05) is 23.7 Å². The molecule has 0 unspecified atom stereocenters. The molecule has 0 amide bonds. The predicted octanol–water partition coefficient (Wildman–Crippen LogP) is 2.64. The lowest BCUT2D eigenvalue weighted by molar-refractivity contribution is 0.190. The maximum atomic E-state index is 8.77. The monoisotopic (exact) mass is 265 g/mol. The lowest BCUT2D eigenvalue weighted by Crippen LogP contribution is -2.46. The van der Waals surface area contributed by atoms with Crippen LogP contribution in [-0.2, 0) is 6.54 Å². The van der Waals surface area contributed by atoms with Gasteiger partial charge in [-0.15, -0.1) is 0 Å². The number of nitriles is 1. The molecule has 0 aromatic heterocycles. The Hall–Kier alpha value is -1.08. The van der Waals surface area contributed by atoms with Crippen molar-refractivity contribution in [1.82, 2.24) is 10.2 Å². The van der Waals surface area contributed by atoms with Gasteiger partial charge in [-0.25, -0.2) is 0 Å². The van der Waals surface area contributed by atoms with Gasteiger partial charge in [0.05, 0.1) is 11.6 Å². The fourth-order valence-corrected chi connectivity index (χ4v) is 1.67. The first kappa shape index (κ1) is 15.0. The summed E-state index contributed by atoms with van der Waals surface area (Å²) in [5.74, 6) is 0. The number of halogens is 1. The molecule has 0 bridgehead atoms. The summed E-state index contributed by atoms with van der Waals surface area (Å²) >= 11 is 6.12. The smallest absolute Gasteiger partial charge is 0.0992 e. The van der Waals surface area contributed by atoms with Gasteiger partial charge in [0.1, 0.15) is 0 Å². The van der Waals surface area contributed by atoms with Crippen LogP contribution in [0.2, 0.25) is 5.02 Å². The molecule has 1 aromatic carbocycles. The van der Waals surface area contributed by atoms with Crippen LogP contribution in [0.3, 0.4) is 0 Å². The Morgan fingerprint density at radius 3 is 2.56 bits per heavy atom. The van der Waals surface area contributed by atoms with Crippen molar-refractivity contribution in [3.05, 3.63) is 34.3 Å². The van der Waals surface area contributed by atoms with Crippen LogP contribution in [0.1, 0.15) is 25.0 Å². The summed E-state index contributed by atoms with van der Waals surface area (Å²) in [5, 5.41) is 12.8. The van der Waals surface area contributed by atoms with Gasteiger partial charge >= 0.3 is 0 Å². The van der Waals surface area contributed by atoms with E-state index in [2.05, 4.69) is 44.2 Å². The zero-order chi connectivity index (χ0) is 13.8. The molecule has 1 rings (SSSR count). The molecule has 0 aliphatic carbocycles. The van der Waals surface area contributed by atoms with Crippen molar-refractivity contribution >= 4 is 11.6 Å². The van der Waals surface area contributed by atoms with E-state index in [1.807, 2.05) is 6.07 Å². The van der Waals surface area contributed by atoms with E-state index in [4.69, 9.17) is 16.9 Å². The molecule has 18 heavy (non-hydrogen) atoms. The van der Waals surface area contributed by atoms with Crippen LogP contribution in [0.5, 0.6) is 0 Å². The molecule has 0 heterocycles. The molecule has 3 nitrogen and oxygen atoms in total. The summed E-state index contributed by atoms with van der Waals surface area (Å²) in [6.07, 6.45) is 0. The average Bonchev–Trinajstić information content (AvgIpc) is 2.30. The Balaban J connectivity index is 2.58. The van der Waals surface area contributed by atoms with Gasteiger partial charge in [0.2, 0.25) is 0 Å². The number of rotatable bonds is 5. The Labute approximate surface area is 114 Å². The number of hydrogen-bond donors (Lipinski definition) is 1. The highest BCUT2D eigenvalue weighted by atomic mass is 35.5. The van der Waals surface area contributed by atoms with E-state index in [1.165, 1.54) is 0 Å². The minimum atomic E-state index is 0.0963. The SMILES string of the molecule is CN(C)C(C)(C)CNCc1ccc(C#N)cc1Cl. The number of benzene rings is 1. The predicted molar refractivity (Wildman–Crippen MR) is 75.6 cm³/mol. The lowest BCUT2D eigenvalue weighted by atomic mass is 10.0. The van der Waals surface area contributed by atoms with Crippen molar-refractivity contribution < 1.29 is 0 Å². The first-order valence-electron chi connectivity index (χ1n) is 5.93. The largest absolute Gasteiger partial charge is 0.311 e. The molecule has 1 aromatic rings. The maximum Gasteiger partial charge on any atom is 0.0992 e. The molecule has 98 valence electrons. The van der Waals surface area contributed by atoms with Gasteiger partial charge in [-0.3, -0.25) is 0 Å². The molecule has 0 spiro atoms. The van der Waals surface area contributed by atoms with Gasteiger partial charge in [0.15, 0.2) is 0 Å². The van der Waals surface area contributed by atoms with Crippen molar-refractivity contribution in [3.63, 3.8) is 0 Å². The molecule has 0 atom stereocenters. The van der Waals surface area contributed by atoms with E-state index in [0.717, 1.165) is 12.1 Å². The highest BCUT2D eigenvalue weighted by Crippen LogP contribution is 2.17. The summed E-state index contributed by atoms with van der Waals surface area (Å²) in [6, 6.07) is 7.47. The Morgan fingerprint density at radius 2 is 2.06 bits per heavy atom. The van der Waals surface area contributed by atoms with Gasteiger partial charge in [-0.2, -0.15) is 5.26 Å². The topological polar surface area (TPSA) is 39.1 Å². The highest BCUT2D eigenvalue weighted by molar-refractivity contribution is 6.31. The summed E-state index contributed by atoms with van der Waals surface area (Å²) in [7, 11) is 4.13. The second kappa shape index (κ2) is 6.19. The second-order valence-electron chi connectivity index (χ2n) is 5.23. The molecule has 0 radical (unpaired) electrons. The third kappa shape index (κ3) is 3.99. The first-order chi connectivity index (χ1) is 8.36. The zero-order valence-electron chi connectivity index (χ0n) is 11.4. The number of likely N-dealkylation sites (N-methyl/N-ethyl adjacent to an activating group) is 1. The molecule has 1 N–H and O–H groups in total. The second-order valence-corrected chi connectivity index (χ2v) is 5.64. The zero-order valence-corrected chi connectivity index (χ0v) is 12.2. The fourth-order valence-electron chi connectivity index (χ4n) is 1.42. The molecule has 0 saturated heterocycles. The first-order valence-corrected chi connectivity index (χ1v) is 6.31. The van der Waals surface area contributed by atoms with E-state index >= 15 is 0 Å². The van der Waals surface area contributed by atoms with E-state index < -0.39 is 0 Å². The summed E-state index contributed by atoms with van der Waals surface area (Å²) in [6.45, 7) is 5.94. The molecular formula is C14H20ClN3. The van der Waals surface area contributed by atoms with Crippen LogP contribution in [0, 0.1) is 11.3 Å². The number of nitrogens with zero attached hydrogens (tertiary/aromatic N) is 2. The minimum absolute atomic E-state index is 0.0963. The van der Waals surface area contributed by atoms with Crippen molar-refractivity contribution in [1.29, 1.82) is 5.26 Å². The van der Waals surface area contributed by atoms with E-state index in [-0.39, 0.29) is 5.54 Å². The van der Waals surface area contributed by atoms with Crippen molar-refractivity contribution in [3.8, 4) is 6.07 Å². The van der Waals surface area contributed by atoms with Crippen LogP contribution in [0.25, 0.3) is 0 Å². The van der Waals surface area contributed by atoms with Crippen molar-refractivity contribution in [2.75, 3.05) is 20.6 Å². The maximum absolute atomic E-state index is 8.77. The Kier molecular flexibility index (Phi) is 5.15. The van der Waals surface area contributed by atoms with E-state index in [9.17, 15) is 0 Å². The van der Waals surface area contributed by atoms with Crippen LogP contribution in [0.4, 0.5) is 0 Å². The summed E-state index contributed by atoms with van der Waals surface area (Å²) in [4.78, 5) is 2.18. The summed E-state index contributed by atoms with van der Waals surface area (Å²) < 4.78 is 0. The van der Waals surface area contributed by atoms with E-state index in [1.54, 1.807) is 12.1 Å². The van der Waals surface area contributed by atoms with Gasteiger partial charge < -0.3 is 10.2 Å². The third-order valence-corrected chi connectivity index (χ3v) is 3.62. The van der Waals surface area contributed by atoms with E-state index in [0.29, 0.717) is 17.1 Å². The molecule has 0 aliphatic heterocycles. The molecule has 0 saturated carbocycles. The van der Waals surface area contributed by atoms with Crippen LogP contribution in [-0.4, -0.2) is 31.1 Å². The molecule has 4 heteroatoms. The molecular weight excluding hydrogens is 246 g/mol. The Bertz CT molecular complexity index is 447. The molecule has 0 fully saturated rings. The Morgan fingerprint density at radius 1 is 1.39 bits per heavy atom. The van der Waals surface area contributed by atoms with Gasteiger partial charge in [0.25, 0.3) is 0 Å². The highest BCUT2D eigenvalue weighted by Gasteiger charge is 2.19. The quantitative estimate of drug-likeness (QED) is 0.890. The van der Waals surface area contributed by atoms with Crippen LogP contribution in [0.15, 0.2) is 18.2 Å². The molecule has 0 aliphatic rings. The van der Waals surface area contributed by atoms with Gasteiger partial charge in [-0.1, -0.05) is 17.7 Å². The lowest BCUT2D eigenvalue weighted by Gasteiger charge is -2.32. The average molecular weight is 266 g/mol. The van der Waals surface area contributed by atoms with Crippen molar-refractivity contribution in [2.45, 2.75) is 25.9 Å². The standard InChI is InChI=1S/C14H20ClN3/c1-14(2,18(3)4)10-17-9-12-6-5-11(8-16)7-13(12)15/h5-7,17H,9-10H2,1-4H3. The van der Waals surface area contributed by atoms with Gasteiger partial charge in [-0.05, 0) is 45.6 Å².